The lowest BCUT2D eigenvalue weighted by molar-refractivity contribution is -0.158. The summed E-state index contributed by atoms with van der Waals surface area (Å²) >= 11 is 0. The second-order valence-electron chi connectivity index (χ2n) is 3.93. The standard InChI is InChI=1S/C8H13N5O5/c9-6-4(7(10)17)11-12-13(6)8(2-14)5(16)3(15)1-18-8/h3,5,14-16H,1-2,9H2,(H2,10,17)/t3-,5-,8-/m0/s1. The first-order valence-electron chi connectivity index (χ1n) is 5.06. The number of primary amides is 1. The summed E-state index contributed by atoms with van der Waals surface area (Å²) in [5.74, 6) is -1.16. The first kappa shape index (κ1) is 12.7. The molecule has 10 heteroatoms. The average molecular weight is 259 g/mol. The molecule has 1 aromatic heterocycles. The highest BCUT2D eigenvalue weighted by Gasteiger charge is 2.52. The van der Waals surface area contributed by atoms with Crippen LogP contribution in [0, 0.1) is 0 Å². The van der Waals surface area contributed by atoms with Crippen LogP contribution in [0.2, 0.25) is 0 Å². The third-order valence-corrected chi connectivity index (χ3v) is 2.85. The smallest absolute Gasteiger partial charge is 0.273 e. The van der Waals surface area contributed by atoms with Gasteiger partial charge in [0.05, 0.1) is 13.2 Å². The van der Waals surface area contributed by atoms with Crippen LogP contribution in [0.15, 0.2) is 0 Å². The molecule has 0 unspecified atom stereocenters. The Labute approximate surface area is 101 Å². The van der Waals surface area contributed by atoms with E-state index in [9.17, 15) is 20.1 Å². The van der Waals surface area contributed by atoms with Crippen LogP contribution in [0.4, 0.5) is 5.82 Å². The van der Waals surface area contributed by atoms with Gasteiger partial charge in [0, 0.05) is 0 Å². The van der Waals surface area contributed by atoms with Gasteiger partial charge in [-0.1, -0.05) is 5.21 Å². The number of aromatic nitrogens is 3. The van der Waals surface area contributed by atoms with Crippen LogP contribution in [0.5, 0.6) is 0 Å². The van der Waals surface area contributed by atoms with Crippen molar-refractivity contribution in [1.82, 2.24) is 15.0 Å². The minimum Gasteiger partial charge on any atom is -0.391 e. The van der Waals surface area contributed by atoms with Crippen LogP contribution in [-0.2, 0) is 10.5 Å². The predicted molar refractivity (Wildman–Crippen MR) is 56.0 cm³/mol. The molecule has 1 aliphatic rings. The number of nitrogens with zero attached hydrogens (tertiary/aromatic N) is 3. The molecule has 0 radical (unpaired) electrons. The third-order valence-electron chi connectivity index (χ3n) is 2.85. The summed E-state index contributed by atoms with van der Waals surface area (Å²) in [6.07, 6.45) is -2.68. The second-order valence-corrected chi connectivity index (χ2v) is 3.93. The highest BCUT2D eigenvalue weighted by Crippen LogP contribution is 2.33. The number of carbonyl (C=O) groups excluding carboxylic acids is 1. The van der Waals surface area contributed by atoms with Crippen molar-refractivity contribution in [3.63, 3.8) is 0 Å². The molecule has 1 fully saturated rings. The van der Waals surface area contributed by atoms with Crippen molar-refractivity contribution in [2.45, 2.75) is 17.9 Å². The number of hydrogen-bond donors (Lipinski definition) is 5. The first-order valence-corrected chi connectivity index (χ1v) is 5.06. The van der Waals surface area contributed by atoms with E-state index in [-0.39, 0.29) is 18.1 Å². The van der Waals surface area contributed by atoms with Crippen molar-refractivity contribution in [3.8, 4) is 0 Å². The van der Waals surface area contributed by atoms with E-state index in [1.807, 2.05) is 0 Å². The van der Waals surface area contributed by atoms with Crippen LogP contribution in [-0.4, -0.2) is 61.6 Å². The topological polar surface area (TPSA) is 170 Å². The molecular formula is C8H13N5O5. The highest BCUT2D eigenvalue weighted by atomic mass is 16.6. The number of aliphatic hydroxyl groups is 3. The van der Waals surface area contributed by atoms with Crippen LogP contribution >= 0.6 is 0 Å². The van der Waals surface area contributed by atoms with E-state index in [1.54, 1.807) is 0 Å². The molecule has 0 saturated carbocycles. The van der Waals surface area contributed by atoms with Crippen molar-refractivity contribution in [2.75, 3.05) is 18.9 Å². The highest BCUT2D eigenvalue weighted by molar-refractivity contribution is 5.94. The molecule has 1 saturated heterocycles. The summed E-state index contributed by atoms with van der Waals surface area (Å²) in [6, 6.07) is 0. The van der Waals surface area contributed by atoms with Crippen molar-refractivity contribution < 1.29 is 24.9 Å². The molecule has 2 rings (SSSR count). The van der Waals surface area contributed by atoms with E-state index in [0.29, 0.717) is 0 Å². The molecule has 0 aliphatic carbocycles. The normalized spacial score (nSPS) is 31.7. The van der Waals surface area contributed by atoms with Gasteiger partial charge in [-0.2, -0.15) is 4.68 Å². The second kappa shape index (κ2) is 4.17. The van der Waals surface area contributed by atoms with E-state index in [0.717, 1.165) is 4.68 Å². The summed E-state index contributed by atoms with van der Waals surface area (Å²) in [4.78, 5) is 11.0. The Morgan fingerprint density at radius 1 is 1.61 bits per heavy atom. The van der Waals surface area contributed by atoms with Crippen LogP contribution < -0.4 is 11.5 Å². The molecule has 7 N–H and O–H groups in total. The Morgan fingerprint density at radius 2 is 2.28 bits per heavy atom. The quantitative estimate of drug-likeness (QED) is 0.370. The zero-order chi connectivity index (χ0) is 13.5. The van der Waals surface area contributed by atoms with Gasteiger partial charge >= 0.3 is 0 Å². The van der Waals surface area contributed by atoms with Crippen molar-refractivity contribution in [3.05, 3.63) is 5.69 Å². The van der Waals surface area contributed by atoms with E-state index in [1.165, 1.54) is 0 Å². The zero-order valence-electron chi connectivity index (χ0n) is 9.22. The Bertz CT molecular complexity index is 476. The number of anilines is 1. The number of nitrogen functional groups attached to an aromatic ring is 1. The lowest BCUT2D eigenvalue weighted by Crippen LogP contribution is -2.49. The number of amides is 1. The van der Waals surface area contributed by atoms with Gasteiger partial charge in [0.2, 0.25) is 5.72 Å². The van der Waals surface area contributed by atoms with Gasteiger partial charge in [-0.3, -0.25) is 4.79 Å². The molecule has 0 spiro atoms. The van der Waals surface area contributed by atoms with Gasteiger partial charge in [0.25, 0.3) is 5.91 Å². The summed E-state index contributed by atoms with van der Waals surface area (Å²) in [7, 11) is 0. The molecule has 10 nitrogen and oxygen atoms in total. The fourth-order valence-electron chi connectivity index (χ4n) is 1.84. The van der Waals surface area contributed by atoms with Crippen LogP contribution in [0.3, 0.4) is 0 Å². The Kier molecular flexibility index (Phi) is 2.94. The Morgan fingerprint density at radius 3 is 2.67 bits per heavy atom. The average Bonchev–Trinajstić information content (AvgIpc) is 2.84. The van der Waals surface area contributed by atoms with E-state index in [2.05, 4.69) is 10.3 Å². The van der Waals surface area contributed by atoms with E-state index >= 15 is 0 Å². The number of ether oxygens (including phenoxy) is 1. The number of hydrogen-bond acceptors (Lipinski definition) is 8. The third kappa shape index (κ3) is 1.54. The van der Waals surface area contributed by atoms with Crippen LogP contribution in [0.25, 0.3) is 0 Å². The lowest BCUT2D eigenvalue weighted by Gasteiger charge is -2.30. The summed E-state index contributed by atoms with van der Waals surface area (Å²) in [5.41, 5.74) is 8.55. The largest absolute Gasteiger partial charge is 0.391 e. The Balaban J connectivity index is 2.49. The summed E-state index contributed by atoms with van der Waals surface area (Å²) < 4.78 is 5.99. The monoisotopic (exact) mass is 259 g/mol. The van der Waals surface area contributed by atoms with Crippen molar-refractivity contribution in [1.29, 1.82) is 0 Å². The van der Waals surface area contributed by atoms with E-state index < -0.39 is 30.4 Å². The molecule has 2 heterocycles. The molecule has 1 aliphatic heterocycles. The van der Waals surface area contributed by atoms with E-state index in [4.69, 9.17) is 16.2 Å². The zero-order valence-corrected chi connectivity index (χ0v) is 9.22. The molecule has 0 bridgehead atoms. The minimum absolute atomic E-state index is 0.215. The van der Waals surface area contributed by atoms with Gasteiger partial charge in [-0.15, -0.1) is 5.10 Å². The first-order chi connectivity index (χ1) is 8.44. The molecule has 18 heavy (non-hydrogen) atoms. The van der Waals surface area contributed by atoms with Gasteiger partial charge in [-0.25, -0.2) is 0 Å². The maximum atomic E-state index is 11.0. The number of nitrogens with two attached hydrogens (primary N) is 2. The summed E-state index contributed by atoms with van der Waals surface area (Å²) in [6.45, 7) is -0.927. The molecule has 1 amide bonds. The number of carbonyl (C=O) groups is 1. The molecule has 1 aromatic rings. The number of rotatable bonds is 3. The fraction of sp³-hybridized carbons (Fsp3) is 0.625. The predicted octanol–water partition coefficient (Wildman–Crippen LogP) is -3.64. The molecule has 3 atom stereocenters. The van der Waals surface area contributed by atoms with Gasteiger partial charge in [-0.05, 0) is 0 Å². The maximum absolute atomic E-state index is 11.0. The van der Waals surface area contributed by atoms with Gasteiger partial charge in [0.15, 0.2) is 11.5 Å². The SMILES string of the molecule is NC(=O)c1nnn([C@@]2(CO)OC[C@H](O)[C@@H]2O)c1N. The lowest BCUT2D eigenvalue weighted by atomic mass is 10.1. The number of aliphatic hydroxyl groups excluding tert-OH is 3. The van der Waals surface area contributed by atoms with Gasteiger partial charge in [0.1, 0.15) is 12.2 Å². The molecule has 0 aromatic carbocycles. The molecular weight excluding hydrogens is 246 g/mol. The van der Waals surface area contributed by atoms with Crippen LogP contribution in [0.1, 0.15) is 10.5 Å². The van der Waals surface area contributed by atoms with Crippen molar-refractivity contribution in [2.24, 2.45) is 5.73 Å². The van der Waals surface area contributed by atoms with Crippen molar-refractivity contribution >= 4 is 11.7 Å². The summed E-state index contributed by atoms with van der Waals surface area (Å²) in [5, 5.41) is 35.6. The van der Waals surface area contributed by atoms with Gasteiger partial charge < -0.3 is 31.5 Å². The molecule has 100 valence electrons. The maximum Gasteiger partial charge on any atom is 0.273 e. The fourth-order valence-corrected chi connectivity index (χ4v) is 1.84. The Hall–Kier alpha value is -1.75. The minimum atomic E-state index is -1.77.